The van der Waals surface area contributed by atoms with Crippen molar-refractivity contribution in [1.29, 1.82) is 0 Å². The van der Waals surface area contributed by atoms with Crippen molar-refractivity contribution in [2.75, 3.05) is 26.1 Å². The highest BCUT2D eigenvalue weighted by atomic mass is 16.5. The zero-order valence-electron chi connectivity index (χ0n) is 20.6. The van der Waals surface area contributed by atoms with Gasteiger partial charge in [-0.25, -0.2) is 0 Å². The second-order valence-electron chi connectivity index (χ2n) is 8.91. The number of methoxy groups -OCH3 is 1. The lowest BCUT2D eigenvalue weighted by molar-refractivity contribution is -0.140. The number of rotatable bonds is 6. The number of ketones is 1. The van der Waals surface area contributed by atoms with E-state index in [4.69, 9.17) is 4.74 Å². The van der Waals surface area contributed by atoms with Crippen molar-refractivity contribution in [3.8, 4) is 5.75 Å². The van der Waals surface area contributed by atoms with E-state index < -0.39 is 17.7 Å². The number of benzene rings is 2. The lowest BCUT2D eigenvalue weighted by atomic mass is 9.93. The van der Waals surface area contributed by atoms with Crippen LogP contribution < -0.4 is 9.64 Å². The average molecular weight is 472 g/mol. The smallest absolute Gasteiger partial charge is 0.295 e. The lowest BCUT2D eigenvalue weighted by Gasteiger charge is -2.26. The molecular weight excluding hydrogens is 442 g/mol. The summed E-state index contributed by atoms with van der Waals surface area (Å²) in [6.45, 7) is 3.90. The molecule has 1 saturated heterocycles. The van der Waals surface area contributed by atoms with Gasteiger partial charge in [-0.15, -0.1) is 0 Å². The first-order valence-corrected chi connectivity index (χ1v) is 11.3. The molecule has 2 aromatic carbocycles. The Labute approximate surface area is 205 Å². The van der Waals surface area contributed by atoms with E-state index in [1.165, 1.54) is 4.90 Å². The van der Waals surface area contributed by atoms with Crippen LogP contribution in [0.2, 0.25) is 0 Å². The predicted octanol–water partition coefficient (Wildman–Crippen LogP) is 4.39. The molecule has 1 amide bonds. The number of pyridine rings is 1. The summed E-state index contributed by atoms with van der Waals surface area (Å²) in [4.78, 5) is 34.2. The molecule has 35 heavy (non-hydrogen) atoms. The summed E-state index contributed by atoms with van der Waals surface area (Å²) >= 11 is 0. The summed E-state index contributed by atoms with van der Waals surface area (Å²) in [5, 5.41) is 11.5. The van der Waals surface area contributed by atoms with Crippen molar-refractivity contribution < 1.29 is 19.4 Å². The highest BCUT2D eigenvalue weighted by molar-refractivity contribution is 6.46. The van der Waals surface area contributed by atoms with Gasteiger partial charge in [0.2, 0.25) is 0 Å². The average Bonchev–Trinajstić information content (AvgIpc) is 3.10. The maximum atomic E-state index is 13.3. The summed E-state index contributed by atoms with van der Waals surface area (Å²) in [5.41, 5.74) is 4.64. The summed E-state index contributed by atoms with van der Waals surface area (Å²) in [5.74, 6) is -0.866. The largest absolute Gasteiger partial charge is 0.507 e. The third-order valence-electron chi connectivity index (χ3n) is 6.34. The topological polar surface area (TPSA) is 83.0 Å². The first-order valence-electron chi connectivity index (χ1n) is 11.3. The Bertz CT molecular complexity index is 1300. The maximum absolute atomic E-state index is 13.3. The molecule has 1 aliphatic rings. The number of hydrogen-bond donors (Lipinski definition) is 1. The van der Waals surface area contributed by atoms with Gasteiger partial charge >= 0.3 is 0 Å². The molecule has 1 N–H and O–H groups in total. The molecule has 1 atom stereocenters. The summed E-state index contributed by atoms with van der Waals surface area (Å²) in [7, 11) is 5.47. The number of aryl methyl sites for hydroxylation is 2. The molecule has 0 saturated carbocycles. The molecule has 180 valence electrons. The zero-order valence-corrected chi connectivity index (χ0v) is 20.6. The van der Waals surface area contributed by atoms with Crippen molar-refractivity contribution in [2.45, 2.75) is 26.4 Å². The van der Waals surface area contributed by atoms with Crippen molar-refractivity contribution in [3.63, 3.8) is 0 Å². The van der Waals surface area contributed by atoms with Crippen molar-refractivity contribution in [2.24, 2.45) is 0 Å². The highest BCUT2D eigenvalue weighted by Crippen LogP contribution is 2.41. The number of carbonyl (C=O) groups is 2. The Morgan fingerprint density at radius 2 is 1.80 bits per heavy atom. The summed E-state index contributed by atoms with van der Waals surface area (Å²) in [6.07, 6.45) is 3.33. The van der Waals surface area contributed by atoms with Gasteiger partial charge in [0.1, 0.15) is 11.5 Å². The number of aliphatic hydroxyl groups excluding tert-OH is 1. The predicted molar refractivity (Wildman–Crippen MR) is 135 cm³/mol. The van der Waals surface area contributed by atoms with E-state index >= 15 is 0 Å². The van der Waals surface area contributed by atoms with Gasteiger partial charge in [0.25, 0.3) is 11.7 Å². The summed E-state index contributed by atoms with van der Waals surface area (Å²) < 4.78 is 5.39. The van der Waals surface area contributed by atoms with Gasteiger partial charge in [-0.05, 0) is 66.4 Å². The molecule has 2 heterocycles. The third kappa shape index (κ3) is 4.49. The van der Waals surface area contributed by atoms with Gasteiger partial charge < -0.3 is 19.6 Å². The molecular formula is C28H29N3O4. The minimum atomic E-state index is -0.742. The van der Waals surface area contributed by atoms with Crippen LogP contribution in [-0.4, -0.2) is 47.9 Å². The van der Waals surface area contributed by atoms with Crippen molar-refractivity contribution in [1.82, 2.24) is 9.88 Å². The Hall–Kier alpha value is -4.13. The molecule has 1 unspecified atom stereocenters. The lowest BCUT2D eigenvalue weighted by Crippen LogP contribution is -2.29. The van der Waals surface area contributed by atoms with Crippen molar-refractivity contribution in [3.05, 3.63) is 94.3 Å². The zero-order chi connectivity index (χ0) is 25.3. The Morgan fingerprint density at radius 3 is 2.40 bits per heavy atom. The fraction of sp³-hybridized carbons (Fsp3) is 0.250. The van der Waals surface area contributed by atoms with E-state index in [-0.39, 0.29) is 17.9 Å². The van der Waals surface area contributed by atoms with Crippen LogP contribution >= 0.6 is 0 Å². The van der Waals surface area contributed by atoms with Crippen LogP contribution in [-0.2, 0) is 16.1 Å². The van der Waals surface area contributed by atoms with Gasteiger partial charge in [-0.1, -0.05) is 18.2 Å². The Morgan fingerprint density at radius 1 is 1.09 bits per heavy atom. The number of aromatic nitrogens is 1. The standard InChI is InChI=1S/C28H29N3O4/c1-17-14-23(35-5)18(2)13-22(17)26(32)24-25(20-8-10-21(11-9-20)30(3)4)31(28(34)27(24)33)16-19-7-6-12-29-15-19/h6-15,25,32H,16H2,1-5H3/b26-24+. The fourth-order valence-electron chi connectivity index (χ4n) is 4.44. The first-order chi connectivity index (χ1) is 16.7. The molecule has 0 bridgehead atoms. The molecule has 0 radical (unpaired) electrons. The van der Waals surface area contributed by atoms with E-state index in [0.717, 1.165) is 27.9 Å². The third-order valence-corrected chi connectivity index (χ3v) is 6.34. The first kappa shape index (κ1) is 24.0. The monoisotopic (exact) mass is 471 g/mol. The number of nitrogens with zero attached hydrogens (tertiary/aromatic N) is 3. The van der Waals surface area contributed by atoms with E-state index in [2.05, 4.69) is 4.98 Å². The van der Waals surface area contributed by atoms with Crippen LogP contribution in [0.15, 0.2) is 66.5 Å². The second-order valence-corrected chi connectivity index (χ2v) is 8.91. The SMILES string of the molecule is COc1cc(C)c(/C(O)=C2\C(=O)C(=O)N(Cc3cccnc3)C2c2ccc(N(C)C)cc2)cc1C. The molecule has 0 spiro atoms. The van der Waals surface area contributed by atoms with E-state index in [0.29, 0.717) is 11.3 Å². The number of anilines is 1. The Balaban J connectivity index is 1.89. The minimum Gasteiger partial charge on any atom is -0.507 e. The molecule has 4 rings (SSSR count). The highest BCUT2D eigenvalue weighted by Gasteiger charge is 2.46. The van der Waals surface area contributed by atoms with Gasteiger partial charge in [0, 0.05) is 44.3 Å². The molecule has 3 aromatic rings. The van der Waals surface area contributed by atoms with E-state index in [9.17, 15) is 14.7 Å². The van der Waals surface area contributed by atoms with Gasteiger partial charge in [-0.2, -0.15) is 0 Å². The molecule has 7 heteroatoms. The molecule has 1 fully saturated rings. The molecule has 1 aromatic heterocycles. The number of ether oxygens (including phenoxy) is 1. The van der Waals surface area contributed by atoms with Crippen LogP contribution in [0.4, 0.5) is 5.69 Å². The van der Waals surface area contributed by atoms with E-state index in [1.807, 2.05) is 69.2 Å². The van der Waals surface area contributed by atoms with Crippen LogP contribution in [0.3, 0.4) is 0 Å². The van der Waals surface area contributed by atoms with Crippen LogP contribution in [0.25, 0.3) is 5.76 Å². The number of likely N-dealkylation sites (tertiary alicyclic amines) is 1. The van der Waals surface area contributed by atoms with Crippen LogP contribution in [0, 0.1) is 13.8 Å². The number of aliphatic hydroxyl groups is 1. The normalized spacial score (nSPS) is 17.1. The number of carbonyl (C=O) groups excluding carboxylic acids is 2. The Kier molecular flexibility index (Phi) is 6.60. The fourth-order valence-corrected chi connectivity index (χ4v) is 4.44. The minimum absolute atomic E-state index is 0.0733. The van der Waals surface area contributed by atoms with Gasteiger partial charge in [0.05, 0.1) is 18.7 Å². The van der Waals surface area contributed by atoms with Crippen molar-refractivity contribution >= 4 is 23.1 Å². The quantitative estimate of drug-likeness (QED) is 0.326. The molecule has 1 aliphatic heterocycles. The number of amides is 1. The second kappa shape index (κ2) is 9.62. The molecule has 0 aliphatic carbocycles. The van der Waals surface area contributed by atoms with Gasteiger partial charge in [-0.3, -0.25) is 14.6 Å². The van der Waals surface area contributed by atoms with Crippen LogP contribution in [0.5, 0.6) is 5.75 Å². The molecule has 7 nitrogen and oxygen atoms in total. The number of hydrogen-bond acceptors (Lipinski definition) is 6. The van der Waals surface area contributed by atoms with Gasteiger partial charge in [0.15, 0.2) is 0 Å². The van der Waals surface area contributed by atoms with Crippen LogP contribution in [0.1, 0.15) is 33.9 Å². The summed E-state index contributed by atoms with van der Waals surface area (Å²) in [6, 6.07) is 14.1. The van der Waals surface area contributed by atoms with E-state index in [1.54, 1.807) is 31.6 Å². The number of Topliss-reactive ketones (excluding diaryl/α,β-unsaturated/α-hetero) is 1. The maximum Gasteiger partial charge on any atom is 0.295 e.